The number of fused-ring (bicyclic) bond motifs is 1. The lowest BCUT2D eigenvalue weighted by atomic mass is 10.2. The molecule has 0 aliphatic carbocycles. The van der Waals surface area contributed by atoms with Crippen molar-refractivity contribution >= 4 is 28.3 Å². The van der Waals surface area contributed by atoms with Crippen LogP contribution in [-0.2, 0) is 6.18 Å². The topological polar surface area (TPSA) is 71.8 Å². The van der Waals surface area contributed by atoms with E-state index in [0.29, 0.717) is 11.1 Å². The molecule has 1 aromatic heterocycles. The van der Waals surface area contributed by atoms with Gasteiger partial charge < -0.3 is 15.1 Å². The van der Waals surface area contributed by atoms with Gasteiger partial charge in [0.05, 0.1) is 5.56 Å². The van der Waals surface area contributed by atoms with Gasteiger partial charge in [-0.1, -0.05) is 18.2 Å². The van der Waals surface area contributed by atoms with Crippen LogP contribution < -0.4 is 16.3 Å². The number of rotatable bonds is 2. The second-order valence-corrected chi connectivity index (χ2v) is 5.53. The first-order valence-electron chi connectivity index (χ1n) is 7.54. The lowest BCUT2D eigenvalue weighted by molar-refractivity contribution is -0.137. The van der Waals surface area contributed by atoms with Gasteiger partial charge in [-0.05, 0) is 30.3 Å². The number of hydrogen-bond donors (Lipinski definition) is 1. The number of alkyl halides is 3. The largest absolute Gasteiger partial charge is 0.420 e. The normalized spacial score (nSPS) is 12.4. The number of para-hydroxylation sites is 1. The van der Waals surface area contributed by atoms with Crippen LogP contribution in [0.1, 0.15) is 5.56 Å². The van der Waals surface area contributed by atoms with Crippen molar-refractivity contribution in [1.29, 1.82) is 0 Å². The van der Waals surface area contributed by atoms with Crippen LogP contribution in [0.4, 0.5) is 24.5 Å². The Kier molecular flexibility index (Phi) is 4.41. The van der Waals surface area contributed by atoms with E-state index in [1.54, 1.807) is 24.3 Å². The number of nitrogens with two attached hydrogens (primary N) is 1. The minimum Gasteiger partial charge on any atom is -0.420 e. The third-order valence-corrected chi connectivity index (χ3v) is 3.77. The van der Waals surface area contributed by atoms with Crippen LogP contribution in [0.25, 0.3) is 11.0 Å². The fourth-order valence-corrected chi connectivity index (χ4v) is 2.39. The van der Waals surface area contributed by atoms with Gasteiger partial charge in [-0.3, -0.25) is 0 Å². The van der Waals surface area contributed by atoms with Crippen molar-refractivity contribution in [2.24, 2.45) is 10.7 Å². The second-order valence-electron chi connectivity index (χ2n) is 5.53. The molecule has 0 saturated carbocycles. The second kappa shape index (κ2) is 6.55. The lowest BCUT2D eigenvalue weighted by Crippen LogP contribution is -2.33. The lowest BCUT2D eigenvalue weighted by Gasteiger charge is -2.19. The van der Waals surface area contributed by atoms with Crippen LogP contribution in [0, 0.1) is 0 Å². The highest BCUT2D eigenvalue weighted by molar-refractivity contribution is 5.98. The van der Waals surface area contributed by atoms with Crippen molar-refractivity contribution in [2.45, 2.75) is 6.18 Å². The number of aliphatic imine (C=N–C) groups is 1. The smallest absolute Gasteiger partial charge is 0.416 e. The summed E-state index contributed by atoms with van der Waals surface area (Å²) in [6, 6.07) is 12.6. The molecule has 5 nitrogen and oxygen atoms in total. The van der Waals surface area contributed by atoms with Gasteiger partial charge in [-0.25, -0.2) is 9.79 Å². The van der Waals surface area contributed by atoms with E-state index in [9.17, 15) is 18.0 Å². The fourth-order valence-electron chi connectivity index (χ4n) is 2.39. The van der Waals surface area contributed by atoms with Crippen molar-refractivity contribution in [3.63, 3.8) is 0 Å². The zero-order chi connectivity index (χ0) is 18.9. The molecule has 0 bridgehead atoms. The quantitative estimate of drug-likeness (QED) is 0.427. The van der Waals surface area contributed by atoms with Crippen LogP contribution in [0.15, 0.2) is 68.8 Å². The van der Waals surface area contributed by atoms with Crippen molar-refractivity contribution in [1.82, 2.24) is 0 Å². The molecule has 0 aliphatic heterocycles. The molecular weight excluding hydrogens is 347 g/mol. The minimum absolute atomic E-state index is 0.0525. The molecule has 2 N–H and O–H groups in total. The number of anilines is 1. The summed E-state index contributed by atoms with van der Waals surface area (Å²) in [5, 5.41) is 0.653. The summed E-state index contributed by atoms with van der Waals surface area (Å²) in [6.07, 6.45) is -4.46. The highest BCUT2D eigenvalue weighted by Crippen LogP contribution is 2.31. The van der Waals surface area contributed by atoms with Gasteiger partial charge >= 0.3 is 11.8 Å². The van der Waals surface area contributed by atoms with Crippen molar-refractivity contribution in [2.75, 3.05) is 11.9 Å². The van der Waals surface area contributed by atoms with E-state index >= 15 is 0 Å². The molecule has 0 aliphatic rings. The number of hydrogen-bond acceptors (Lipinski definition) is 3. The summed E-state index contributed by atoms with van der Waals surface area (Å²) < 4.78 is 43.8. The number of nitrogens with zero attached hydrogens (tertiary/aromatic N) is 2. The summed E-state index contributed by atoms with van der Waals surface area (Å²) in [5.74, 6) is -0.0525. The summed E-state index contributed by atoms with van der Waals surface area (Å²) in [7, 11) is 1.50. The maximum absolute atomic E-state index is 12.9. The van der Waals surface area contributed by atoms with Gasteiger partial charge in [0.2, 0.25) is 5.96 Å². The Hall–Kier alpha value is -3.29. The van der Waals surface area contributed by atoms with Crippen molar-refractivity contribution in [3.8, 4) is 0 Å². The van der Waals surface area contributed by atoms with Crippen molar-refractivity contribution in [3.05, 3.63) is 70.6 Å². The van der Waals surface area contributed by atoms with Crippen LogP contribution in [0.5, 0.6) is 0 Å². The number of guanidine groups is 1. The maximum Gasteiger partial charge on any atom is 0.416 e. The Morgan fingerprint density at radius 1 is 1.12 bits per heavy atom. The highest BCUT2D eigenvalue weighted by Gasteiger charge is 2.30. The molecule has 3 rings (SSSR count). The molecule has 8 heteroatoms. The van der Waals surface area contributed by atoms with E-state index in [0.717, 1.165) is 12.1 Å². The van der Waals surface area contributed by atoms with Crippen molar-refractivity contribution < 1.29 is 17.6 Å². The standard InChI is InChI=1S/C18H14F3N3O2/c1-24(13-6-3-5-12(10-13)18(19,20)21)17(22)23-14-7-2-4-11-8-9-15(25)26-16(11)14/h2-10H,1H3,(H2,22,23). The molecule has 0 unspecified atom stereocenters. The predicted octanol–water partition coefficient (Wildman–Crippen LogP) is 3.89. The minimum atomic E-state index is -4.46. The van der Waals surface area contributed by atoms with E-state index in [-0.39, 0.29) is 17.2 Å². The van der Waals surface area contributed by atoms with E-state index in [2.05, 4.69) is 4.99 Å². The number of halogens is 3. The molecule has 0 radical (unpaired) electrons. The van der Waals surface area contributed by atoms with Gasteiger partial charge in [0.25, 0.3) is 0 Å². The summed E-state index contributed by atoms with van der Waals surface area (Å²) in [5.41, 5.74) is 5.40. The molecule has 0 spiro atoms. The molecule has 0 saturated heterocycles. The summed E-state index contributed by atoms with van der Waals surface area (Å²) in [4.78, 5) is 17.0. The molecule has 0 fully saturated rings. The Morgan fingerprint density at radius 3 is 2.58 bits per heavy atom. The Bertz CT molecular complexity index is 1040. The molecule has 1 heterocycles. The highest BCUT2D eigenvalue weighted by atomic mass is 19.4. The molecule has 2 aromatic carbocycles. The first kappa shape index (κ1) is 17.5. The first-order valence-corrected chi connectivity index (χ1v) is 7.54. The van der Waals surface area contributed by atoms with Gasteiger partial charge in [0.15, 0.2) is 5.58 Å². The zero-order valence-electron chi connectivity index (χ0n) is 13.6. The average Bonchev–Trinajstić information content (AvgIpc) is 2.61. The third-order valence-electron chi connectivity index (χ3n) is 3.77. The van der Waals surface area contributed by atoms with Gasteiger partial charge in [0, 0.05) is 24.2 Å². The Labute approximate surface area is 146 Å². The Morgan fingerprint density at radius 2 is 1.85 bits per heavy atom. The monoisotopic (exact) mass is 361 g/mol. The molecular formula is C18H14F3N3O2. The van der Waals surface area contributed by atoms with Crippen LogP contribution in [-0.4, -0.2) is 13.0 Å². The van der Waals surface area contributed by atoms with E-state index < -0.39 is 17.4 Å². The molecule has 0 amide bonds. The van der Waals surface area contributed by atoms with E-state index in [1.165, 1.54) is 30.1 Å². The molecule has 26 heavy (non-hydrogen) atoms. The van der Waals surface area contributed by atoms with Crippen LogP contribution >= 0.6 is 0 Å². The molecule has 134 valence electrons. The SMILES string of the molecule is CN(C(N)=Nc1cccc2ccc(=O)oc12)c1cccc(C(F)(F)F)c1. The Balaban J connectivity index is 2.00. The maximum atomic E-state index is 12.9. The van der Waals surface area contributed by atoms with E-state index in [4.69, 9.17) is 10.2 Å². The third kappa shape index (κ3) is 3.53. The van der Waals surface area contributed by atoms with Gasteiger partial charge in [0.1, 0.15) is 5.69 Å². The fraction of sp³-hybridized carbons (Fsp3) is 0.111. The summed E-state index contributed by atoms with van der Waals surface area (Å²) in [6.45, 7) is 0. The van der Waals surface area contributed by atoms with E-state index in [1.807, 2.05) is 0 Å². The number of benzene rings is 2. The van der Waals surface area contributed by atoms with Crippen LogP contribution in [0.2, 0.25) is 0 Å². The summed E-state index contributed by atoms with van der Waals surface area (Å²) >= 11 is 0. The molecule has 0 atom stereocenters. The zero-order valence-corrected chi connectivity index (χ0v) is 13.6. The van der Waals surface area contributed by atoms with Gasteiger partial charge in [-0.2, -0.15) is 13.2 Å². The predicted molar refractivity (Wildman–Crippen MR) is 93.6 cm³/mol. The average molecular weight is 361 g/mol. The first-order chi connectivity index (χ1) is 12.3. The van der Waals surface area contributed by atoms with Crippen LogP contribution in [0.3, 0.4) is 0 Å². The molecule has 3 aromatic rings. The van der Waals surface area contributed by atoms with Gasteiger partial charge in [-0.15, -0.1) is 0 Å².